The Bertz CT molecular complexity index is 1130. The van der Waals surface area contributed by atoms with Crippen molar-refractivity contribution in [3.05, 3.63) is 81.3 Å². The van der Waals surface area contributed by atoms with Gasteiger partial charge in [-0.1, -0.05) is 64.1 Å². The molecular formula is C30H39FN2OS. The Labute approximate surface area is 214 Å². The zero-order chi connectivity index (χ0) is 26.2. The van der Waals surface area contributed by atoms with E-state index in [-0.39, 0.29) is 5.82 Å². The van der Waals surface area contributed by atoms with Gasteiger partial charge in [0.05, 0.1) is 11.8 Å². The van der Waals surface area contributed by atoms with Crippen LogP contribution in [-0.2, 0) is 10.3 Å². The van der Waals surface area contributed by atoms with E-state index in [1.807, 2.05) is 71.2 Å². The van der Waals surface area contributed by atoms with E-state index in [0.29, 0.717) is 17.3 Å². The fraction of sp³-hybridized carbons (Fsp3) is 0.400. The van der Waals surface area contributed by atoms with Crippen molar-refractivity contribution < 1.29 is 9.18 Å². The highest BCUT2D eigenvalue weighted by molar-refractivity contribution is 7.10. The van der Waals surface area contributed by atoms with Crippen LogP contribution in [0.4, 0.5) is 4.39 Å². The van der Waals surface area contributed by atoms with Crippen molar-refractivity contribution in [1.29, 1.82) is 0 Å². The number of hydrogen-bond donors (Lipinski definition) is 1. The summed E-state index contributed by atoms with van der Waals surface area (Å²) in [7, 11) is 0. The Morgan fingerprint density at radius 2 is 1.74 bits per heavy atom. The third-order valence-corrected chi connectivity index (χ3v) is 7.19. The second-order valence-corrected chi connectivity index (χ2v) is 9.55. The van der Waals surface area contributed by atoms with Crippen molar-refractivity contribution >= 4 is 23.5 Å². The summed E-state index contributed by atoms with van der Waals surface area (Å²) in [4.78, 5) is 17.9. The van der Waals surface area contributed by atoms with Gasteiger partial charge in [-0.3, -0.25) is 4.99 Å². The summed E-state index contributed by atoms with van der Waals surface area (Å²) in [6.07, 6.45) is 3.42. The van der Waals surface area contributed by atoms with Gasteiger partial charge in [0, 0.05) is 10.4 Å². The highest BCUT2D eigenvalue weighted by Gasteiger charge is 2.39. The van der Waals surface area contributed by atoms with Crippen molar-refractivity contribution in [2.75, 3.05) is 0 Å². The summed E-state index contributed by atoms with van der Waals surface area (Å²) in [5.41, 5.74) is 9.54. The number of benzene rings is 2. The molecule has 3 nitrogen and oxygen atoms in total. The monoisotopic (exact) mass is 494 g/mol. The maximum absolute atomic E-state index is 14.6. The number of nitrogens with zero attached hydrogens (tertiary/aromatic N) is 1. The standard InChI is InChI=1S/C26H27FN2OS.2C2H6/c1-16-4-11-22(24(27)12-16)21-13-25(31-15-21)26(3,29-17(2)28)23(14-30)20-9-7-19(8-10-20)18-5-6-18;2*1-2/h4,7-15,18,23H,5-6H2,1-3H3,(H2,28,29);2*1-2H3. The molecule has 4 rings (SSSR count). The van der Waals surface area contributed by atoms with Crippen LogP contribution in [0.3, 0.4) is 0 Å². The highest BCUT2D eigenvalue weighted by Crippen LogP contribution is 2.45. The van der Waals surface area contributed by atoms with Crippen LogP contribution in [0.2, 0.25) is 0 Å². The van der Waals surface area contributed by atoms with Crippen LogP contribution in [0.5, 0.6) is 0 Å². The van der Waals surface area contributed by atoms with Gasteiger partial charge in [-0.25, -0.2) is 4.39 Å². The molecule has 0 bridgehead atoms. The van der Waals surface area contributed by atoms with Crippen molar-refractivity contribution in [2.24, 2.45) is 10.7 Å². The van der Waals surface area contributed by atoms with Gasteiger partial charge in [0.2, 0.25) is 0 Å². The van der Waals surface area contributed by atoms with Gasteiger partial charge >= 0.3 is 0 Å². The van der Waals surface area contributed by atoms with Gasteiger partial charge in [0.15, 0.2) is 0 Å². The van der Waals surface area contributed by atoms with E-state index < -0.39 is 11.5 Å². The van der Waals surface area contributed by atoms with Crippen LogP contribution in [0, 0.1) is 12.7 Å². The maximum Gasteiger partial charge on any atom is 0.131 e. The van der Waals surface area contributed by atoms with Gasteiger partial charge in [0.25, 0.3) is 0 Å². The molecule has 0 aliphatic heterocycles. The maximum atomic E-state index is 14.6. The zero-order valence-electron chi connectivity index (χ0n) is 22.1. The number of halogens is 1. The number of rotatable bonds is 7. The third-order valence-electron chi connectivity index (χ3n) is 6.03. The minimum atomic E-state index is -0.883. The molecule has 0 spiro atoms. The highest BCUT2D eigenvalue weighted by atomic mass is 32.1. The number of nitrogens with two attached hydrogens (primary N) is 1. The molecule has 35 heavy (non-hydrogen) atoms. The van der Waals surface area contributed by atoms with Crippen LogP contribution >= 0.6 is 11.3 Å². The molecule has 0 amide bonds. The van der Waals surface area contributed by atoms with Gasteiger partial charge in [-0.05, 0) is 79.3 Å². The Balaban J connectivity index is 0.00000103. The number of thiophene rings is 1. The molecule has 0 radical (unpaired) electrons. The molecule has 3 aromatic rings. The Kier molecular flexibility index (Phi) is 10.4. The molecule has 188 valence electrons. The van der Waals surface area contributed by atoms with Crippen LogP contribution in [0.25, 0.3) is 11.1 Å². The number of aliphatic imine (C=N–C) groups is 1. The number of carbonyl (C=O) groups is 1. The molecule has 2 unspecified atom stereocenters. The number of aldehydes is 1. The fourth-order valence-corrected chi connectivity index (χ4v) is 5.22. The smallest absolute Gasteiger partial charge is 0.131 e. The lowest BCUT2D eigenvalue weighted by Gasteiger charge is -2.31. The molecule has 1 aliphatic rings. The lowest BCUT2D eigenvalue weighted by Crippen LogP contribution is -2.31. The Morgan fingerprint density at radius 1 is 1.11 bits per heavy atom. The summed E-state index contributed by atoms with van der Waals surface area (Å²) in [5.74, 6) is 0.296. The van der Waals surface area contributed by atoms with Gasteiger partial charge in [-0.2, -0.15) is 0 Å². The molecule has 2 atom stereocenters. The summed E-state index contributed by atoms with van der Waals surface area (Å²) in [6.45, 7) is 13.5. The van der Waals surface area contributed by atoms with Crippen molar-refractivity contribution in [1.82, 2.24) is 0 Å². The van der Waals surface area contributed by atoms with Crippen LogP contribution < -0.4 is 5.73 Å². The average Bonchev–Trinajstić information content (AvgIpc) is 3.58. The first-order chi connectivity index (χ1) is 16.8. The lowest BCUT2D eigenvalue weighted by molar-refractivity contribution is -0.110. The topological polar surface area (TPSA) is 55.4 Å². The molecule has 2 aromatic carbocycles. The number of amidine groups is 1. The molecule has 1 aliphatic carbocycles. The predicted octanol–water partition coefficient (Wildman–Crippen LogP) is 8.37. The van der Waals surface area contributed by atoms with E-state index in [1.54, 1.807) is 13.0 Å². The average molecular weight is 495 g/mol. The SMILES string of the molecule is CC.CC.CC(N)=NC(C)(c1cc(-c2ccc(C)cc2F)cs1)C(C=O)c1ccc(C2CC2)cc1. The molecule has 5 heteroatoms. The summed E-state index contributed by atoms with van der Waals surface area (Å²) >= 11 is 1.47. The van der Waals surface area contributed by atoms with E-state index in [2.05, 4.69) is 12.1 Å². The quantitative estimate of drug-likeness (QED) is 0.204. The van der Waals surface area contributed by atoms with Gasteiger partial charge < -0.3 is 10.5 Å². The Morgan fingerprint density at radius 3 is 2.26 bits per heavy atom. The van der Waals surface area contributed by atoms with Crippen molar-refractivity contribution in [2.45, 2.75) is 78.7 Å². The zero-order valence-corrected chi connectivity index (χ0v) is 22.9. The third kappa shape index (κ3) is 6.66. The van der Waals surface area contributed by atoms with Gasteiger partial charge in [-0.15, -0.1) is 11.3 Å². The molecule has 2 N–H and O–H groups in total. The first-order valence-corrected chi connectivity index (χ1v) is 13.4. The Hall–Kier alpha value is -2.79. The minimum Gasteiger partial charge on any atom is -0.388 e. The first kappa shape index (κ1) is 28.4. The summed E-state index contributed by atoms with van der Waals surface area (Å²) in [5, 5.41) is 1.92. The van der Waals surface area contributed by atoms with E-state index in [4.69, 9.17) is 10.7 Å². The second kappa shape index (κ2) is 12.8. The lowest BCUT2D eigenvalue weighted by atomic mass is 9.80. The van der Waals surface area contributed by atoms with Crippen LogP contribution in [0.1, 0.15) is 87.8 Å². The number of aryl methyl sites for hydroxylation is 1. The molecular weight excluding hydrogens is 455 g/mol. The first-order valence-electron chi connectivity index (χ1n) is 12.5. The molecule has 1 fully saturated rings. The van der Waals surface area contributed by atoms with E-state index in [1.165, 1.54) is 35.8 Å². The predicted molar refractivity (Wildman–Crippen MR) is 149 cm³/mol. The molecule has 0 saturated heterocycles. The van der Waals surface area contributed by atoms with E-state index in [0.717, 1.165) is 27.9 Å². The number of hydrogen-bond acceptors (Lipinski definition) is 3. The normalized spacial score (nSPS) is 15.6. The van der Waals surface area contributed by atoms with E-state index in [9.17, 15) is 9.18 Å². The largest absolute Gasteiger partial charge is 0.388 e. The summed E-state index contributed by atoms with van der Waals surface area (Å²) in [6, 6.07) is 15.4. The van der Waals surface area contributed by atoms with Crippen LogP contribution in [-0.4, -0.2) is 12.1 Å². The molecule has 1 saturated carbocycles. The minimum absolute atomic E-state index is 0.257. The fourth-order valence-electron chi connectivity index (χ4n) is 4.17. The van der Waals surface area contributed by atoms with Crippen molar-refractivity contribution in [3.8, 4) is 11.1 Å². The summed E-state index contributed by atoms with van der Waals surface area (Å²) < 4.78 is 14.6. The van der Waals surface area contributed by atoms with E-state index >= 15 is 0 Å². The number of carbonyl (C=O) groups excluding carboxylic acids is 1. The molecule has 1 aromatic heterocycles. The van der Waals surface area contributed by atoms with Gasteiger partial charge in [0.1, 0.15) is 17.6 Å². The second-order valence-electron chi connectivity index (χ2n) is 8.64. The van der Waals surface area contributed by atoms with Crippen LogP contribution in [0.15, 0.2) is 58.9 Å². The molecule has 1 heterocycles. The van der Waals surface area contributed by atoms with Crippen molar-refractivity contribution in [3.63, 3.8) is 0 Å².